The number of hydrogen-bond acceptors (Lipinski definition) is 6. The smallest absolute Gasteiger partial charge is 0.398 e. The van der Waals surface area contributed by atoms with Gasteiger partial charge in [0.1, 0.15) is 0 Å². The van der Waals surface area contributed by atoms with Gasteiger partial charge in [-0.1, -0.05) is 64.7 Å². The Morgan fingerprint density at radius 3 is 1.65 bits per heavy atom. The zero-order valence-electron chi connectivity index (χ0n) is 23.5. The van der Waals surface area contributed by atoms with Crippen molar-refractivity contribution in [2.45, 2.75) is 128 Å². The Bertz CT molecular complexity index is 480. The Morgan fingerprint density at radius 2 is 1.18 bits per heavy atom. The van der Waals surface area contributed by atoms with E-state index in [9.17, 15) is 0 Å². The van der Waals surface area contributed by atoms with Crippen molar-refractivity contribution in [2.24, 2.45) is 5.92 Å². The van der Waals surface area contributed by atoms with Gasteiger partial charge in [0.2, 0.25) is 0 Å². The maximum atomic E-state index is 5.54. The van der Waals surface area contributed by atoms with E-state index in [4.69, 9.17) is 26.9 Å². The highest BCUT2D eigenvalue weighted by atomic mass is 28.4. The maximum Gasteiger partial charge on any atom is 0.500 e. The number of hydrogen-bond donors (Lipinski definition) is 0. The van der Waals surface area contributed by atoms with Crippen LogP contribution in [0.15, 0.2) is 0 Å². The average Bonchev–Trinajstić information content (AvgIpc) is 3.66. The van der Waals surface area contributed by atoms with Crippen molar-refractivity contribution >= 4 is 17.4 Å². The summed E-state index contributed by atoms with van der Waals surface area (Å²) in [7, 11) is 4.48. The first kappa shape index (κ1) is 32.2. The quantitative estimate of drug-likeness (QED) is 0.103. The zero-order chi connectivity index (χ0) is 25.3. The summed E-state index contributed by atoms with van der Waals surface area (Å²) in [6, 6.07) is 2.05. The molecule has 0 N–H and O–H groups in total. The second-order valence-electron chi connectivity index (χ2n) is 10.2. The molecule has 8 heteroatoms. The lowest BCUT2D eigenvalue weighted by Gasteiger charge is -2.26. The molecule has 2 fully saturated rings. The fourth-order valence-corrected chi connectivity index (χ4v) is 8.19. The van der Waals surface area contributed by atoms with Crippen LogP contribution in [0.4, 0.5) is 0 Å². The van der Waals surface area contributed by atoms with Crippen LogP contribution in [0.3, 0.4) is 0 Å². The number of ether oxygens (including phenoxy) is 1. The van der Waals surface area contributed by atoms with Gasteiger partial charge in [-0.3, -0.25) is 0 Å². The van der Waals surface area contributed by atoms with Gasteiger partial charge in [0.15, 0.2) is 0 Å². The largest absolute Gasteiger partial charge is 0.500 e. The third kappa shape index (κ3) is 12.9. The Labute approximate surface area is 213 Å². The molecule has 0 aromatic heterocycles. The molecule has 204 valence electrons. The molecule has 3 atom stereocenters. The van der Waals surface area contributed by atoms with E-state index in [0.29, 0.717) is 12.2 Å². The van der Waals surface area contributed by atoms with Gasteiger partial charge in [-0.25, -0.2) is 0 Å². The van der Waals surface area contributed by atoms with Crippen LogP contribution < -0.4 is 0 Å². The number of epoxide rings is 1. The summed E-state index contributed by atoms with van der Waals surface area (Å²) in [6.45, 7) is 4.41. The molecule has 1 heterocycles. The predicted molar refractivity (Wildman–Crippen MR) is 144 cm³/mol. The van der Waals surface area contributed by atoms with Crippen LogP contribution in [0.1, 0.15) is 96.8 Å². The molecule has 0 amide bonds. The number of rotatable bonds is 19. The van der Waals surface area contributed by atoms with E-state index < -0.39 is 17.4 Å². The lowest BCUT2D eigenvalue weighted by atomic mass is 9.88. The summed E-state index contributed by atoms with van der Waals surface area (Å²) in [6.07, 6.45) is 19.8. The maximum absolute atomic E-state index is 5.54. The van der Waals surface area contributed by atoms with E-state index in [-0.39, 0.29) is 0 Å². The molecule has 0 radical (unpaired) electrons. The van der Waals surface area contributed by atoms with Crippen LogP contribution in [0.5, 0.6) is 0 Å². The fraction of sp³-hybridized carbons (Fsp3) is 1.00. The topological polar surface area (TPSA) is 58.7 Å². The molecule has 1 saturated heterocycles. The molecule has 2 rings (SSSR count). The third-order valence-electron chi connectivity index (χ3n) is 7.75. The minimum absolute atomic E-state index is 0.599. The fourth-order valence-electron chi connectivity index (χ4n) is 4.89. The van der Waals surface area contributed by atoms with Gasteiger partial charge in [-0.15, -0.1) is 0 Å². The van der Waals surface area contributed by atoms with E-state index in [1.54, 1.807) is 35.5 Å². The molecule has 34 heavy (non-hydrogen) atoms. The highest BCUT2D eigenvalue weighted by molar-refractivity contribution is 6.65. The van der Waals surface area contributed by atoms with Gasteiger partial charge in [-0.2, -0.15) is 0 Å². The minimum atomic E-state index is -2.31. The van der Waals surface area contributed by atoms with Gasteiger partial charge >= 0.3 is 17.4 Å². The van der Waals surface area contributed by atoms with E-state index >= 15 is 0 Å². The van der Waals surface area contributed by atoms with Gasteiger partial charge in [-0.05, 0) is 50.6 Å². The summed E-state index contributed by atoms with van der Waals surface area (Å²) < 4.78 is 32.8. The van der Waals surface area contributed by atoms with Crippen molar-refractivity contribution in [2.75, 3.05) is 35.5 Å². The van der Waals surface area contributed by atoms with Crippen LogP contribution in [0.2, 0.25) is 18.6 Å². The zero-order valence-corrected chi connectivity index (χ0v) is 25.5. The molecular weight excluding hydrogens is 464 g/mol. The van der Waals surface area contributed by atoms with Gasteiger partial charge in [0.05, 0.1) is 12.2 Å². The highest BCUT2D eigenvalue weighted by Crippen LogP contribution is 2.41. The van der Waals surface area contributed by atoms with E-state index in [1.807, 2.05) is 0 Å². The molecule has 2 aliphatic rings. The van der Waals surface area contributed by atoms with Gasteiger partial charge in [0, 0.05) is 41.6 Å². The molecule has 0 aromatic rings. The Balaban J connectivity index is 0.000000347. The lowest BCUT2D eigenvalue weighted by Crippen LogP contribution is -2.42. The number of fused-ring (bicyclic) bond motifs is 1. The van der Waals surface area contributed by atoms with E-state index in [1.165, 1.54) is 83.5 Å². The monoisotopic (exact) mass is 520 g/mol. The molecule has 0 bridgehead atoms. The molecule has 0 aromatic carbocycles. The first-order valence-electron chi connectivity index (χ1n) is 13.8. The summed E-state index contributed by atoms with van der Waals surface area (Å²) in [4.78, 5) is 0. The molecular formula is C26H56O6Si2. The molecule has 1 aliphatic heterocycles. The standard InChI is InChI=1S/C15H34O3Si.C11H22O3Si/c1-5-6-7-8-9-10-11-12-13-14-15-19(16-2,17-3)18-4;1-12-15(3,13-2)7-6-9-4-5-10-11(8-9)14-10/h5-15H2,1-4H3;9-11H,4-8H2,1-3H3. The van der Waals surface area contributed by atoms with Gasteiger partial charge < -0.3 is 26.9 Å². The van der Waals surface area contributed by atoms with Crippen molar-refractivity contribution in [1.29, 1.82) is 0 Å². The molecule has 3 unspecified atom stereocenters. The normalized spacial score (nSPS) is 22.1. The third-order valence-corrected chi connectivity index (χ3v) is 13.5. The summed E-state index contributed by atoms with van der Waals surface area (Å²) in [5.74, 6) is 0.839. The van der Waals surface area contributed by atoms with Crippen molar-refractivity contribution in [3.8, 4) is 0 Å². The molecule has 1 aliphatic carbocycles. The second kappa shape index (κ2) is 18.4. The molecule has 1 saturated carbocycles. The molecule has 6 nitrogen and oxygen atoms in total. The van der Waals surface area contributed by atoms with Crippen LogP contribution in [-0.4, -0.2) is 65.1 Å². The predicted octanol–water partition coefficient (Wildman–Crippen LogP) is 7.09. The highest BCUT2D eigenvalue weighted by Gasteiger charge is 2.44. The Morgan fingerprint density at radius 1 is 0.647 bits per heavy atom. The summed E-state index contributed by atoms with van der Waals surface area (Å²) >= 11 is 0. The van der Waals surface area contributed by atoms with Crippen LogP contribution in [-0.2, 0) is 26.9 Å². The van der Waals surface area contributed by atoms with Crippen molar-refractivity contribution in [3.63, 3.8) is 0 Å². The van der Waals surface area contributed by atoms with E-state index in [2.05, 4.69) is 13.5 Å². The summed E-state index contributed by atoms with van der Waals surface area (Å²) in [5.41, 5.74) is 0. The Hall–Kier alpha value is 0.194. The second-order valence-corrected chi connectivity index (χ2v) is 16.9. The van der Waals surface area contributed by atoms with Crippen molar-refractivity contribution in [1.82, 2.24) is 0 Å². The first-order chi connectivity index (χ1) is 16.4. The summed E-state index contributed by atoms with van der Waals surface area (Å²) in [5, 5.41) is 0. The van der Waals surface area contributed by atoms with Crippen LogP contribution in [0.25, 0.3) is 0 Å². The van der Waals surface area contributed by atoms with Gasteiger partial charge in [0.25, 0.3) is 0 Å². The van der Waals surface area contributed by atoms with Crippen molar-refractivity contribution < 1.29 is 26.9 Å². The number of unbranched alkanes of at least 4 members (excludes halogenated alkanes) is 9. The minimum Gasteiger partial charge on any atom is -0.398 e. The average molecular weight is 521 g/mol. The first-order valence-corrected chi connectivity index (χ1v) is 18.3. The van der Waals surface area contributed by atoms with Crippen LogP contribution in [0, 0.1) is 5.92 Å². The SMILES string of the molecule is CCCCCCCCCCCC[Si](OC)(OC)OC.CO[Si](C)(CCC1CCC2OC2C1)OC. The lowest BCUT2D eigenvalue weighted by molar-refractivity contribution is 0.122. The van der Waals surface area contributed by atoms with E-state index in [0.717, 1.165) is 24.4 Å². The van der Waals surface area contributed by atoms with Crippen LogP contribution >= 0.6 is 0 Å². The molecule has 0 spiro atoms. The Kier molecular flexibility index (Phi) is 17.5. The van der Waals surface area contributed by atoms with Crippen molar-refractivity contribution in [3.05, 3.63) is 0 Å².